The maximum absolute atomic E-state index is 13.4. The van der Waals surface area contributed by atoms with Crippen molar-refractivity contribution in [2.45, 2.75) is 19.4 Å². The first-order valence-electron chi connectivity index (χ1n) is 7.00. The molecule has 0 bridgehead atoms. The minimum Gasteiger partial charge on any atom is -0.324 e. The van der Waals surface area contributed by atoms with Gasteiger partial charge in [0.05, 0.1) is 0 Å². The van der Waals surface area contributed by atoms with Gasteiger partial charge in [-0.05, 0) is 48.7 Å². The van der Waals surface area contributed by atoms with Gasteiger partial charge >= 0.3 is 0 Å². The number of carbonyl (C=O) groups is 1. The van der Waals surface area contributed by atoms with E-state index in [1.165, 1.54) is 12.1 Å². The second-order valence-corrected chi connectivity index (χ2v) is 5.37. The van der Waals surface area contributed by atoms with E-state index in [4.69, 9.17) is 5.73 Å². The van der Waals surface area contributed by atoms with Crippen molar-refractivity contribution in [2.24, 2.45) is 5.73 Å². The van der Waals surface area contributed by atoms with Gasteiger partial charge < -0.3 is 10.6 Å². The van der Waals surface area contributed by atoms with Crippen LogP contribution in [0.1, 0.15) is 33.9 Å². The van der Waals surface area contributed by atoms with E-state index in [1.807, 2.05) is 24.3 Å². The van der Waals surface area contributed by atoms with Crippen LogP contribution in [0.25, 0.3) is 0 Å². The minimum absolute atomic E-state index is 0.0415. The monoisotopic (exact) mass is 284 g/mol. The molecule has 0 aliphatic carbocycles. The first-order chi connectivity index (χ1) is 10.1. The van der Waals surface area contributed by atoms with Crippen molar-refractivity contribution < 1.29 is 9.18 Å². The molecule has 1 aliphatic heterocycles. The summed E-state index contributed by atoms with van der Waals surface area (Å²) >= 11 is 0. The maximum Gasteiger partial charge on any atom is 0.258 e. The highest BCUT2D eigenvalue weighted by atomic mass is 19.1. The second kappa shape index (κ2) is 5.30. The molecule has 1 heterocycles. The van der Waals surface area contributed by atoms with Crippen LogP contribution in [-0.4, -0.2) is 12.5 Å². The second-order valence-electron chi connectivity index (χ2n) is 5.37. The van der Waals surface area contributed by atoms with Crippen molar-refractivity contribution >= 4 is 11.6 Å². The average molecular weight is 284 g/mol. The quantitative estimate of drug-likeness (QED) is 0.874. The van der Waals surface area contributed by atoms with Gasteiger partial charge in [0.25, 0.3) is 5.91 Å². The van der Waals surface area contributed by atoms with E-state index in [0.29, 0.717) is 17.7 Å². The zero-order valence-corrected chi connectivity index (χ0v) is 11.8. The Kier molecular flexibility index (Phi) is 3.47. The van der Waals surface area contributed by atoms with E-state index in [-0.39, 0.29) is 17.8 Å². The van der Waals surface area contributed by atoms with Crippen molar-refractivity contribution in [1.82, 2.24) is 0 Å². The van der Waals surface area contributed by atoms with E-state index in [9.17, 15) is 9.18 Å². The number of hydrogen-bond donors (Lipinski definition) is 1. The summed E-state index contributed by atoms with van der Waals surface area (Å²) in [6.45, 7) is 2.24. The molecule has 1 amide bonds. The molecule has 2 N–H and O–H groups in total. The minimum atomic E-state index is -0.299. The number of aryl methyl sites for hydroxylation is 1. The van der Waals surface area contributed by atoms with E-state index in [2.05, 4.69) is 0 Å². The van der Waals surface area contributed by atoms with E-state index < -0.39 is 0 Å². The smallest absolute Gasteiger partial charge is 0.258 e. The summed E-state index contributed by atoms with van der Waals surface area (Å²) in [5, 5.41) is 0. The fourth-order valence-electron chi connectivity index (χ4n) is 2.74. The number of carbonyl (C=O) groups excluding carboxylic acids is 1. The molecule has 3 rings (SSSR count). The Morgan fingerprint density at radius 1 is 1.29 bits per heavy atom. The molecule has 21 heavy (non-hydrogen) atoms. The summed E-state index contributed by atoms with van der Waals surface area (Å²) in [4.78, 5) is 14.4. The Hall–Kier alpha value is -2.20. The van der Waals surface area contributed by atoms with Crippen LogP contribution in [-0.2, 0) is 0 Å². The Bertz CT molecular complexity index is 699. The lowest BCUT2D eigenvalue weighted by atomic mass is 9.96. The molecule has 0 saturated carbocycles. The van der Waals surface area contributed by atoms with Gasteiger partial charge in [-0.3, -0.25) is 4.79 Å². The molecule has 0 aromatic heterocycles. The third-order valence-electron chi connectivity index (χ3n) is 3.94. The Balaban J connectivity index is 1.99. The van der Waals surface area contributed by atoms with Crippen LogP contribution in [0.5, 0.6) is 0 Å². The van der Waals surface area contributed by atoms with Gasteiger partial charge in [0, 0.05) is 23.8 Å². The third kappa shape index (κ3) is 2.43. The van der Waals surface area contributed by atoms with Crippen molar-refractivity contribution in [2.75, 3.05) is 11.4 Å². The van der Waals surface area contributed by atoms with E-state index >= 15 is 0 Å². The zero-order valence-electron chi connectivity index (χ0n) is 11.8. The molecular weight excluding hydrogens is 267 g/mol. The third-order valence-corrected chi connectivity index (χ3v) is 3.94. The molecule has 2 aromatic rings. The Morgan fingerprint density at radius 2 is 2.05 bits per heavy atom. The van der Waals surface area contributed by atoms with Crippen LogP contribution in [0.3, 0.4) is 0 Å². The Morgan fingerprint density at radius 3 is 2.81 bits per heavy atom. The van der Waals surface area contributed by atoms with Gasteiger partial charge in [0.1, 0.15) is 5.82 Å². The highest BCUT2D eigenvalue weighted by Crippen LogP contribution is 2.33. The molecule has 0 saturated heterocycles. The van der Waals surface area contributed by atoms with Crippen LogP contribution >= 0.6 is 0 Å². The number of nitrogens with zero attached hydrogens (tertiary/aromatic N) is 1. The topological polar surface area (TPSA) is 46.3 Å². The van der Waals surface area contributed by atoms with Gasteiger partial charge in [0.2, 0.25) is 0 Å². The summed E-state index contributed by atoms with van der Waals surface area (Å²) in [5.41, 5.74) is 8.91. The first-order valence-corrected chi connectivity index (χ1v) is 7.00. The SMILES string of the molecule is Cc1cc(C(=O)N2CCC(N)c3ccccc32)ccc1F. The molecule has 0 radical (unpaired) electrons. The molecular formula is C17H17FN2O. The van der Waals surface area contributed by atoms with Crippen LogP contribution < -0.4 is 10.6 Å². The van der Waals surface area contributed by atoms with Gasteiger partial charge in [0.15, 0.2) is 0 Å². The number of para-hydroxylation sites is 1. The lowest BCUT2D eigenvalue weighted by Gasteiger charge is -2.32. The van der Waals surface area contributed by atoms with Gasteiger partial charge in [-0.1, -0.05) is 18.2 Å². The molecule has 1 aliphatic rings. The molecule has 1 atom stereocenters. The number of rotatable bonds is 1. The first kappa shape index (κ1) is 13.8. The van der Waals surface area contributed by atoms with Crippen LogP contribution in [0.15, 0.2) is 42.5 Å². The van der Waals surface area contributed by atoms with Crippen LogP contribution in [0, 0.1) is 12.7 Å². The van der Waals surface area contributed by atoms with Crippen LogP contribution in [0.2, 0.25) is 0 Å². The largest absolute Gasteiger partial charge is 0.324 e. The van der Waals surface area contributed by atoms with Gasteiger partial charge in [-0.15, -0.1) is 0 Å². The van der Waals surface area contributed by atoms with Crippen molar-refractivity contribution in [3.63, 3.8) is 0 Å². The maximum atomic E-state index is 13.4. The normalized spacial score (nSPS) is 17.5. The molecule has 108 valence electrons. The fraction of sp³-hybridized carbons (Fsp3) is 0.235. The number of nitrogens with two attached hydrogens (primary N) is 1. The number of hydrogen-bond acceptors (Lipinski definition) is 2. The molecule has 0 fully saturated rings. The summed E-state index contributed by atoms with van der Waals surface area (Å²) in [7, 11) is 0. The standard InChI is InChI=1S/C17H17FN2O/c1-11-10-12(6-7-14(11)18)17(21)20-9-8-15(19)13-4-2-3-5-16(13)20/h2-7,10,15H,8-9,19H2,1H3. The van der Waals surface area contributed by atoms with Gasteiger partial charge in [-0.25, -0.2) is 4.39 Å². The number of benzene rings is 2. The molecule has 4 heteroatoms. The predicted octanol–water partition coefficient (Wildman–Crippen LogP) is 3.18. The molecule has 2 aromatic carbocycles. The summed E-state index contributed by atoms with van der Waals surface area (Å²) in [6.07, 6.45) is 0.725. The zero-order chi connectivity index (χ0) is 15.0. The highest BCUT2D eigenvalue weighted by molar-refractivity contribution is 6.06. The summed E-state index contributed by atoms with van der Waals surface area (Å²) in [6, 6.07) is 12.1. The van der Waals surface area contributed by atoms with Crippen molar-refractivity contribution in [3.05, 3.63) is 65.0 Å². The number of anilines is 1. The number of amides is 1. The van der Waals surface area contributed by atoms with Crippen LogP contribution in [0.4, 0.5) is 10.1 Å². The number of halogens is 1. The van der Waals surface area contributed by atoms with Gasteiger partial charge in [-0.2, -0.15) is 0 Å². The van der Waals surface area contributed by atoms with E-state index in [1.54, 1.807) is 17.9 Å². The fourth-order valence-corrected chi connectivity index (χ4v) is 2.74. The summed E-state index contributed by atoms with van der Waals surface area (Å²) in [5.74, 6) is -0.412. The summed E-state index contributed by atoms with van der Waals surface area (Å²) < 4.78 is 13.4. The molecule has 1 unspecified atom stereocenters. The lowest BCUT2D eigenvalue weighted by Crippen LogP contribution is -2.38. The average Bonchev–Trinajstić information content (AvgIpc) is 2.50. The van der Waals surface area contributed by atoms with Crippen molar-refractivity contribution in [1.29, 1.82) is 0 Å². The molecule has 3 nitrogen and oxygen atoms in total. The number of fused-ring (bicyclic) bond motifs is 1. The Labute approximate surface area is 123 Å². The molecule has 0 spiro atoms. The predicted molar refractivity (Wildman–Crippen MR) is 80.8 cm³/mol. The lowest BCUT2D eigenvalue weighted by molar-refractivity contribution is 0.0984. The van der Waals surface area contributed by atoms with E-state index in [0.717, 1.165) is 17.7 Å². The van der Waals surface area contributed by atoms with Crippen molar-refractivity contribution in [3.8, 4) is 0 Å². The highest BCUT2D eigenvalue weighted by Gasteiger charge is 2.27.